The lowest BCUT2D eigenvalue weighted by Gasteiger charge is -2.12. The normalized spacial score (nSPS) is 16.2. The van der Waals surface area contributed by atoms with Gasteiger partial charge in [0, 0.05) is 12.7 Å². The Morgan fingerprint density at radius 3 is 2.72 bits per heavy atom. The summed E-state index contributed by atoms with van der Waals surface area (Å²) >= 11 is 0.950. The lowest BCUT2D eigenvalue weighted by atomic mass is 10.0. The Morgan fingerprint density at radius 1 is 1.16 bits per heavy atom. The number of carbonyl (C=O) groups excluding carboxylic acids is 2. The fourth-order valence-corrected chi connectivity index (χ4v) is 3.56. The summed E-state index contributed by atoms with van der Waals surface area (Å²) in [6.45, 7) is 3.02. The Hall–Kier alpha value is -2.31. The highest BCUT2D eigenvalue weighted by molar-refractivity contribution is 8.18. The molecule has 0 spiro atoms. The Bertz CT molecular complexity index is 846. The van der Waals surface area contributed by atoms with Crippen LogP contribution in [0.4, 0.5) is 4.79 Å². The third-order valence-electron chi connectivity index (χ3n) is 3.90. The molecule has 0 aliphatic carbocycles. The van der Waals surface area contributed by atoms with Crippen LogP contribution in [0.3, 0.4) is 0 Å². The molecule has 0 radical (unpaired) electrons. The first-order valence-electron chi connectivity index (χ1n) is 8.04. The van der Waals surface area contributed by atoms with E-state index in [1.54, 1.807) is 13.2 Å². The van der Waals surface area contributed by atoms with Crippen LogP contribution in [0, 0.1) is 0 Å². The van der Waals surface area contributed by atoms with Gasteiger partial charge in [-0.05, 0) is 41.6 Å². The lowest BCUT2D eigenvalue weighted by Crippen LogP contribution is -2.31. The average Bonchev–Trinajstić information content (AvgIpc) is 2.88. The van der Waals surface area contributed by atoms with Crippen LogP contribution < -0.4 is 4.74 Å². The number of thioether (sulfide) groups is 1. The smallest absolute Gasteiger partial charge is 0.293 e. The Morgan fingerprint density at radius 2 is 1.96 bits per heavy atom. The maximum absolute atomic E-state index is 12.6. The number of ether oxygens (including phenoxy) is 2. The van der Waals surface area contributed by atoms with Gasteiger partial charge in [0.25, 0.3) is 11.1 Å². The summed E-state index contributed by atoms with van der Waals surface area (Å²) in [5.74, 6) is 0.410. The van der Waals surface area contributed by atoms with Gasteiger partial charge >= 0.3 is 0 Å². The zero-order valence-electron chi connectivity index (χ0n) is 14.2. The van der Waals surface area contributed by atoms with E-state index in [2.05, 4.69) is 0 Å². The third kappa shape index (κ3) is 3.55. The topological polar surface area (TPSA) is 55.8 Å². The molecule has 1 aliphatic rings. The molecular formula is C19H19NO4S. The summed E-state index contributed by atoms with van der Waals surface area (Å²) in [5, 5.41) is 1.76. The summed E-state index contributed by atoms with van der Waals surface area (Å²) in [4.78, 5) is 26.3. The molecule has 2 aromatic carbocycles. The van der Waals surface area contributed by atoms with Gasteiger partial charge in [-0.1, -0.05) is 30.3 Å². The molecule has 0 unspecified atom stereocenters. The minimum atomic E-state index is -0.289. The Balaban J connectivity index is 2.04. The van der Waals surface area contributed by atoms with Gasteiger partial charge in [0.2, 0.25) is 0 Å². The number of hydrogen-bond donors (Lipinski definition) is 0. The predicted molar refractivity (Wildman–Crippen MR) is 99.7 cm³/mol. The Labute approximate surface area is 150 Å². The van der Waals surface area contributed by atoms with Crippen molar-refractivity contribution in [2.24, 2.45) is 0 Å². The maximum Gasteiger partial charge on any atom is 0.293 e. The molecule has 0 saturated carbocycles. The molecule has 2 aromatic rings. The second-order valence-corrected chi connectivity index (χ2v) is 6.45. The number of rotatable bonds is 6. The maximum atomic E-state index is 12.6. The molecule has 1 aliphatic heterocycles. The number of carbonyl (C=O) groups is 2. The molecule has 1 fully saturated rings. The van der Waals surface area contributed by atoms with E-state index in [1.165, 1.54) is 4.90 Å². The molecule has 0 aromatic heterocycles. The van der Waals surface area contributed by atoms with Gasteiger partial charge < -0.3 is 9.47 Å². The lowest BCUT2D eigenvalue weighted by molar-refractivity contribution is -0.123. The van der Waals surface area contributed by atoms with Gasteiger partial charge in [0.05, 0.1) is 24.7 Å². The van der Waals surface area contributed by atoms with Crippen LogP contribution >= 0.6 is 11.8 Å². The van der Waals surface area contributed by atoms with Gasteiger partial charge in [0.1, 0.15) is 5.75 Å². The first kappa shape index (κ1) is 17.5. The molecule has 3 rings (SSSR count). The van der Waals surface area contributed by atoms with Crippen LogP contribution in [0.2, 0.25) is 0 Å². The Kier molecular flexibility index (Phi) is 5.40. The number of benzene rings is 2. The highest BCUT2D eigenvalue weighted by atomic mass is 32.2. The summed E-state index contributed by atoms with van der Waals surface area (Å²) < 4.78 is 10.7. The molecule has 6 heteroatoms. The van der Waals surface area contributed by atoms with E-state index in [-0.39, 0.29) is 17.7 Å². The zero-order chi connectivity index (χ0) is 17.8. The number of hydrogen-bond acceptors (Lipinski definition) is 5. The highest BCUT2D eigenvalue weighted by Crippen LogP contribution is 2.36. The van der Waals surface area contributed by atoms with Crippen LogP contribution in [-0.2, 0) is 9.53 Å². The van der Waals surface area contributed by atoms with E-state index in [1.807, 2.05) is 43.3 Å². The minimum absolute atomic E-state index is 0.256. The van der Waals surface area contributed by atoms with Gasteiger partial charge in [0.15, 0.2) is 0 Å². The molecule has 130 valence electrons. The molecule has 2 amide bonds. The van der Waals surface area contributed by atoms with Crippen molar-refractivity contribution in [3.05, 3.63) is 46.9 Å². The largest absolute Gasteiger partial charge is 0.493 e. The molecule has 1 heterocycles. The molecule has 25 heavy (non-hydrogen) atoms. The number of fused-ring (bicyclic) bond motifs is 1. The molecular weight excluding hydrogens is 338 g/mol. The van der Waals surface area contributed by atoms with Crippen LogP contribution in [0.1, 0.15) is 12.5 Å². The summed E-state index contributed by atoms with van der Waals surface area (Å²) in [5.41, 5.74) is 0.817. The van der Waals surface area contributed by atoms with E-state index in [4.69, 9.17) is 9.47 Å². The first-order chi connectivity index (χ1) is 12.2. The standard InChI is InChI=1S/C19H19NO4S/c1-3-24-16-9-8-13-6-4-5-7-14(13)15(16)12-17-18(21)20(10-11-23-2)19(22)25-17/h4-9,12H,3,10-11H2,1-2H3/b17-12+. The van der Waals surface area contributed by atoms with Crippen LogP contribution in [-0.4, -0.2) is 42.9 Å². The van der Waals surface area contributed by atoms with E-state index >= 15 is 0 Å². The van der Waals surface area contributed by atoms with Crippen molar-refractivity contribution >= 4 is 39.8 Å². The fourth-order valence-electron chi connectivity index (χ4n) is 2.71. The van der Waals surface area contributed by atoms with Crippen molar-refractivity contribution in [3.63, 3.8) is 0 Å². The number of amides is 2. The fraction of sp³-hybridized carbons (Fsp3) is 0.263. The average molecular weight is 357 g/mol. The molecule has 5 nitrogen and oxygen atoms in total. The molecule has 0 atom stereocenters. The van der Waals surface area contributed by atoms with Gasteiger partial charge in [-0.3, -0.25) is 14.5 Å². The molecule has 0 N–H and O–H groups in total. The van der Waals surface area contributed by atoms with Crippen LogP contribution in [0.5, 0.6) is 5.75 Å². The second kappa shape index (κ2) is 7.72. The third-order valence-corrected chi connectivity index (χ3v) is 4.81. The van der Waals surface area contributed by atoms with Crippen molar-refractivity contribution in [2.75, 3.05) is 26.9 Å². The quantitative estimate of drug-likeness (QED) is 0.734. The first-order valence-corrected chi connectivity index (χ1v) is 8.86. The van der Waals surface area contributed by atoms with Crippen LogP contribution in [0.25, 0.3) is 16.8 Å². The number of imide groups is 1. The van der Waals surface area contributed by atoms with Gasteiger partial charge in [-0.25, -0.2) is 0 Å². The van der Waals surface area contributed by atoms with E-state index in [0.717, 1.165) is 28.1 Å². The number of methoxy groups -OCH3 is 1. The molecule has 0 bridgehead atoms. The monoisotopic (exact) mass is 357 g/mol. The predicted octanol–water partition coefficient (Wildman–Crippen LogP) is 3.92. The van der Waals surface area contributed by atoms with E-state index in [9.17, 15) is 9.59 Å². The second-order valence-electron chi connectivity index (χ2n) is 5.46. The van der Waals surface area contributed by atoms with Crippen LogP contribution in [0.15, 0.2) is 41.3 Å². The zero-order valence-corrected chi connectivity index (χ0v) is 15.0. The van der Waals surface area contributed by atoms with Crippen molar-refractivity contribution < 1.29 is 19.1 Å². The van der Waals surface area contributed by atoms with Gasteiger partial charge in [-0.15, -0.1) is 0 Å². The summed E-state index contributed by atoms with van der Waals surface area (Å²) in [6, 6.07) is 11.8. The van der Waals surface area contributed by atoms with Crippen molar-refractivity contribution in [1.29, 1.82) is 0 Å². The highest BCUT2D eigenvalue weighted by Gasteiger charge is 2.34. The molecule has 1 saturated heterocycles. The van der Waals surface area contributed by atoms with Crippen molar-refractivity contribution in [2.45, 2.75) is 6.92 Å². The minimum Gasteiger partial charge on any atom is -0.493 e. The SMILES string of the molecule is CCOc1ccc2ccccc2c1/C=C1/SC(=O)N(CCOC)C1=O. The number of nitrogens with zero attached hydrogens (tertiary/aromatic N) is 1. The van der Waals surface area contributed by atoms with E-state index in [0.29, 0.717) is 23.9 Å². The van der Waals surface area contributed by atoms with Crippen molar-refractivity contribution in [1.82, 2.24) is 4.90 Å². The van der Waals surface area contributed by atoms with Gasteiger partial charge in [-0.2, -0.15) is 0 Å². The van der Waals surface area contributed by atoms with Crippen molar-refractivity contribution in [3.8, 4) is 5.75 Å². The van der Waals surface area contributed by atoms with E-state index < -0.39 is 0 Å². The summed E-state index contributed by atoms with van der Waals surface area (Å²) in [6.07, 6.45) is 1.75. The summed E-state index contributed by atoms with van der Waals surface area (Å²) in [7, 11) is 1.54.